The van der Waals surface area contributed by atoms with E-state index >= 15 is 0 Å². The molecule has 0 bridgehead atoms. The summed E-state index contributed by atoms with van der Waals surface area (Å²) in [5.74, 6) is 1.61. The molecular weight excluding hydrogens is 188 g/mol. The van der Waals surface area contributed by atoms with Crippen LogP contribution in [0.3, 0.4) is 0 Å². The van der Waals surface area contributed by atoms with Crippen molar-refractivity contribution in [3.05, 3.63) is 35.4 Å². The molecular formula is C11H14N4. The van der Waals surface area contributed by atoms with Crippen LogP contribution in [-0.4, -0.2) is 14.8 Å². The minimum Gasteiger partial charge on any atom is -0.397 e. The quantitative estimate of drug-likeness (QED) is 0.717. The van der Waals surface area contributed by atoms with Crippen molar-refractivity contribution in [3.8, 4) is 5.69 Å². The van der Waals surface area contributed by atoms with Crippen LogP contribution in [0.25, 0.3) is 5.69 Å². The van der Waals surface area contributed by atoms with E-state index in [1.54, 1.807) is 4.68 Å². The fraction of sp³-hybridized carbons (Fsp3) is 0.273. The van der Waals surface area contributed by atoms with E-state index < -0.39 is 0 Å². The van der Waals surface area contributed by atoms with Crippen LogP contribution in [-0.2, 0) is 0 Å². The number of benzene rings is 1. The summed E-state index contributed by atoms with van der Waals surface area (Å²) < 4.78 is 1.78. The molecule has 2 rings (SSSR count). The lowest BCUT2D eigenvalue weighted by Crippen LogP contribution is -2.03. The maximum atomic E-state index is 5.91. The van der Waals surface area contributed by atoms with Crippen LogP contribution in [0, 0.1) is 20.8 Å². The summed E-state index contributed by atoms with van der Waals surface area (Å²) >= 11 is 0. The molecule has 1 aromatic carbocycles. The smallest absolute Gasteiger partial charge is 0.148 e. The third kappa shape index (κ3) is 1.70. The van der Waals surface area contributed by atoms with Gasteiger partial charge in [0, 0.05) is 0 Å². The van der Waals surface area contributed by atoms with Crippen molar-refractivity contribution in [3.63, 3.8) is 0 Å². The first kappa shape index (κ1) is 9.71. The average Bonchev–Trinajstić information content (AvgIpc) is 2.50. The number of nitrogen functional groups attached to an aromatic ring is 1. The Hall–Kier alpha value is -1.84. The topological polar surface area (TPSA) is 56.7 Å². The molecule has 0 spiro atoms. The Labute approximate surface area is 88.8 Å². The van der Waals surface area contributed by atoms with Crippen LogP contribution in [0.1, 0.15) is 17.2 Å². The van der Waals surface area contributed by atoms with Gasteiger partial charge in [-0.05, 0) is 38.5 Å². The molecule has 1 heterocycles. The van der Waals surface area contributed by atoms with Gasteiger partial charge in [-0.1, -0.05) is 6.07 Å². The number of aromatic nitrogens is 3. The molecule has 0 unspecified atom stereocenters. The van der Waals surface area contributed by atoms with E-state index in [-0.39, 0.29) is 0 Å². The fourth-order valence-electron chi connectivity index (χ4n) is 1.59. The van der Waals surface area contributed by atoms with Gasteiger partial charge >= 0.3 is 0 Å². The highest BCUT2D eigenvalue weighted by molar-refractivity contribution is 5.58. The summed E-state index contributed by atoms with van der Waals surface area (Å²) in [5.41, 5.74) is 8.68. The van der Waals surface area contributed by atoms with E-state index in [1.807, 2.05) is 39.0 Å². The molecule has 0 fully saturated rings. The van der Waals surface area contributed by atoms with Crippen molar-refractivity contribution < 1.29 is 0 Å². The van der Waals surface area contributed by atoms with Crippen molar-refractivity contribution in [2.45, 2.75) is 20.8 Å². The van der Waals surface area contributed by atoms with Crippen molar-refractivity contribution in [2.24, 2.45) is 0 Å². The van der Waals surface area contributed by atoms with E-state index in [0.29, 0.717) is 5.69 Å². The molecule has 0 atom stereocenters. The Morgan fingerprint density at radius 1 is 1.20 bits per heavy atom. The molecule has 2 N–H and O–H groups in total. The van der Waals surface area contributed by atoms with Gasteiger partial charge in [0.05, 0.1) is 11.4 Å². The Morgan fingerprint density at radius 2 is 1.93 bits per heavy atom. The van der Waals surface area contributed by atoms with Gasteiger partial charge in [-0.25, -0.2) is 9.67 Å². The molecule has 1 aromatic heterocycles. The standard InChI is InChI=1S/C11H14N4/c1-7-4-5-10(12)11(6-7)15-9(3)13-8(2)14-15/h4-6H,12H2,1-3H3. The first-order valence-corrected chi connectivity index (χ1v) is 4.84. The zero-order chi connectivity index (χ0) is 11.0. The number of nitrogens with zero attached hydrogens (tertiary/aromatic N) is 3. The lowest BCUT2D eigenvalue weighted by atomic mass is 10.2. The van der Waals surface area contributed by atoms with Crippen molar-refractivity contribution in [2.75, 3.05) is 5.73 Å². The normalized spacial score (nSPS) is 10.6. The molecule has 4 nitrogen and oxygen atoms in total. The first-order valence-electron chi connectivity index (χ1n) is 4.84. The van der Waals surface area contributed by atoms with Gasteiger partial charge in [0.15, 0.2) is 0 Å². The molecule has 0 aliphatic rings. The summed E-state index contributed by atoms with van der Waals surface area (Å²) in [6, 6.07) is 5.88. The van der Waals surface area contributed by atoms with Crippen LogP contribution < -0.4 is 5.73 Å². The Bertz CT molecular complexity index is 499. The van der Waals surface area contributed by atoms with E-state index in [9.17, 15) is 0 Å². The van der Waals surface area contributed by atoms with E-state index in [2.05, 4.69) is 10.1 Å². The molecule has 15 heavy (non-hydrogen) atoms. The van der Waals surface area contributed by atoms with Gasteiger partial charge in [-0.3, -0.25) is 0 Å². The average molecular weight is 202 g/mol. The number of nitrogens with two attached hydrogens (primary N) is 1. The van der Waals surface area contributed by atoms with Gasteiger partial charge in [0.1, 0.15) is 11.6 Å². The molecule has 0 saturated heterocycles. The van der Waals surface area contributed by atoms with Crippen molar-refractivity contribution >= 4 is 5.69 Å². The molecule has 0 saturated carbocycles. The second-order valence-corrected chi connectivity index (χ2v) is 3.68. The monoisotopic (exact) mass is 202 g/mol. The minimum atomic E-state index is 0.716. The molecule has 0 aliphatic heterocycles. The highest BCUT2D eigenvalue weighted by Crippen LogP contribution is 2.19. The van der Waals surface area contributed by atoms with Crippen LogP contribution in [0.5, 0.6) is 0 Å². The molecule has 0 radical (unpaired) electrons. The Balaban J connectivity index is 2.62. The molecule has 0 amide bonds. The summed E-state index contributed by atoms with van der Waals surface area (Å²) in [6.45, 7) is 5.82. The van der Waals surface area contributed by atoms with Crippen LogP contribution in [0.4, 0.5) is 5.69 Å². The van der Waals surface area contributed by atoms with Gasteiger partial charge in [-0.2, -0.15) is 5.10 Å². The van der Waals surface area contributed by atoms with E-state index in [4.69, 9.17) is 5.73 Å². The molecule has 0 aliphatic carbocycles. The van der Waals surface area contributed by atoms with Gasteiger partial charge in [0.2, 0.25) is 0 Å². The summed E-state index contributed by atoms with van der Waals surface area (Å²) in [6.07, 6.45) is 0. The van der Waals surface area contributed by atoms with Gasteiger partial charge in [-0.15, -0.1) is 0 Å². The number of aryl methyl sites for hydroxylation is 3. The summed E-state index contributed by atoms with van der Waals surface area (Å²) in [5, 5.41) is 4.31. The highest BCUT2D eigenvalue weighted by Gasteiger charge is 2.07. The van der Waals surface area contributed by atoms with E-state index in [0.717, 1.165) is 22.9 Å². The maximum Gasteiger partial charge on any atom is 0.148 e. The molecule has 78 valence electrons. The fourth-order valence-corrected chi connectivity index (χ4v) is 1.59. The van der Waals surface area contributed by atoms with E-state index in [1.165, 1.54) is 0 Å². The Kier molecular flexibility index (Phi) is 2.19. The first-order chi connectivity index (χ1) is 7.08. The zero-order valence-electron chi connectivity index (χ0n) is 9.15. The number of hydrogen-bond acceptors (Lipinski definition) is 3. The van der Waals surface area contributed by atoms with Crippen molar-refractivity contribution in [1.82, 2.24) is 14.8 Å². The minimum absolute atomic E-state index is 0.716. The Morgan fingerprint density at radius 3 is 2.53 bits per heavy atom. The van der Waals surface area contributed by atoms with Gasteiger partial charge in [0.25, 0.3) is 0 Å². The van der Waals surface area contributed by atoms with Crippen LogP contribution in [0.2, 0.25) is 0 Å². The third-order valence-corrected chi connectivity index (χ3v) is 2.29. The highest BCUT2D eigenvalue weighted by atomic mass is 15.3. The summed E-state index contributed by atoms with van der Waals surface area (Å²) in [7, 11) is 0. The molecule has 4 heteroatoms. The maximum absolute atomic E-state index is 5.91. The predicted molar refractivity (Wildman–Crippen MR) is 60.0 cm³/mol. The summed E-state index contributed by atoms with van der Waals surface area (Å²) in [4.78, 5) is 4.25. The number of rotatable bonds is 1. The zero-order valence-corrected chi connectivity index (χ0v) is 9.15. The van der Waals surface area contributed by atoms with Gasteiger partial charge < -0.3 is 5.73 Å². The lowest BCUT2D eigenvalue weighted by molar-refractivity contribution is 0.832. The SMILES string of the molecule is Cc1ccc(N)c(-n2nc(C)nc2C)c1. The second kappa shape index (κ2) is 3.38. The lowest BCUT2D eigenvalue weighted by Gasteiger charge is -2.07. The third-order valence-electron chi connectivity index (χ3n) is 2.29. The number of hydrogen-bond donors (Lipinski definition) is 1. The van der Waals surface area contributed by atoms with Crippen LogP contribution >= 0.6 is 0 Å². The molecule has 2 aromatic rings. The number of anilines is 1. The largest absolute Gasteiger partial charge is 0.397 e. The van der Waals surface area contributed by atoms with Crippen molar-refractivity contribution in [1.29, 1.82) is 0 Å². The van der Waals surface area contributed by atoms with Crippen LogP contribution in [0.15, 0.2) is 18.2 Å². The predicted octanol–water partition coefficient (Wildman–Crippen LogP) is 1.77. The second-order valence-electron chi connectivity index (χ2n) is 3.68.